The minimum Gasteiger partial charge on any atom is -0.285 e. The van der Waals surface area contributed by atoms with Crippen LogP contribution in [0.15, 0.2) is 18.2 Å². The Bertz CT molecular complexity index is 701. The quantitative estimate of drug-likeness (QED) is 0.307. The summed E-state index contributed by atoms with van der Waals surface area (Å²) >= 11 is 0. The van der Waals surface area contributed by atoms with E-state index in [0.29, 0.717) is 30.4 Å². The zero-order valence-electron chi connectivity index (χ0n) is 14.0. The number of benzene rings is 1. The first-order chi connectivity index (χ1) is 11.3. The van der Waals surface area contributed by atoms with Crippen LogP contribution in [0, 0.1) is 10.1 Å². The number of unbranched alkanes of at least 4 members (excludes halogenated alkanes) is 5. The summed E-state index contributed by atoms with van der Waals surface area (Å²) < 4.78 is 32.8. The summed E-state index contributed by atoms with van der Waals surface area (Å²) in [7, 11) is -4.34. The van der Waals surface area contributed by atoms with Crippen molar-refractivity contribution < 1.29 is 17.9 Å². The SMILES string of the molecule is CCCCCCCCC1(S(=O)(=O)O)CCc2c([N+](=O)[O-])cccc21. The predicted octanol–water partition coefficient (Wildman–Crippen LogP) is 4.37. The van der Waals surface area contributed by atoms with Gasteiger partial charge < -0.3 is 0 Å². The summed E-state index contributed by atoms with van der Waals surface area (Å²) in [5, 5.41) is 11.2. The van der Waals surface area contributed by atoms with Gasteiger partial charge in [0.05, 0.1) is 4.92 Å². The zero-order chi connectivity index (χ0) is 17.8. The lowest BCUT2D eigenvalue weighted by atomic mass is 9.93. The van der Waals surface area contributed by atoms with Crippen molar-refractivity contribution in [3.05, 3.63) is 39.4 Å². The average Bonchev–Trinajstić information content (AvgIpc) is 2.90. The Morgan fingerprint density at radius 3 is 2.50 bits per heavy atom. The van der Waals surface area contributed by atoms with E-state index in [0.717, 1.165) is 25.7 Å². The summed E-state index contributed by atoms with van der Waals surface area (Å²) in [5.74, 6) is 0. The molecular formula is C17H25NO5S. The van der Waals surface area contributed by atoms with E-state index >= 15 is 0 Å². The molecule has 1 aliphatic carbocycles. The third kappa shape index (κ3) is 3.62. The summed E-state index contributed by atoms with van der Waals surface area (Å²) in [6, 6.07) is 4.51. The first-order valence-corrected chi connectivity index (χ1v) is 10.0. The van der Waals surface area contributed by atoms with Gasteiger partial charge in [-0.05, 0) is 24.8 Å². The standard InChI is InChI=1S/C17H25NO5S/c1-2-3-4-5-6-7-12-17(24(21,22)23)13-11-14-15(17)9-8-10-16(14)18(19)20/h8-10H,2-7,11-13H2,1H3,(H,21,22,23). The molecule has 0 radical (unpaired) electrons. The molecule has 0 heterocycles. The molecule has 134 valence electrons. The van der Waals surface area contributed by atoms with E-state index in [1.807, 2.05) is 0 Å². The molecule has 7 heteroatoms. The molecule has 24 heavy (non-hydrogen) atoms. The number of nitro benzene ring substituents is 1. The molecule has 0 amide bonds. The minimum atomic E-state index is -4.34. The molecule has 6 nitrogen and oxygen atoms in total. The van der Waals surface area contributed by atoms with Gasteiger partial charge in [-0.2, -0.15) is 8.42 Å². The lowest BCUT2D eigenvalue weighted by molar-refractivity contribution is -0.385. The second-order valence-corrected chi connectivity index (χ2v) is 8.28. The van der Waals surface area contributed by atoms with Gasteiger partial charge in [0, 0.05) is 11.6 Å². The van der Waals surface area contributed by atoms with Gasteiger partial charge in [-0.3, -0.25) is 14.7 Å². The largest absolute Gasteiger partial charge is 0.285 e. The molecule has 1 N–H and O–H groups in total. The van der Waals surface area contributed by atoms with Crippen molar-refractivity contribution in [2.75, 3.05) is 0 Å². The minimum absolute atomic E-state index is 0.0547. The summed E-state index contributed by atoms with van der Waals surface area (Å²) in [5.41, 5.74) is 0.805. The van der Waals surface area contributed by atoms with Gasteiger partial charge in [0.15, 0.2) is 0 Å². The summed E-state index contributed by atoms with van der Waals surface area (Å²) in [6.45, 7) is 2.13. The van der Waals surface area contributed by atoms with E-state index in [1.165, 1.54) is 18.6 Å². The molecule has 1 atom stereocenters. The molecule has 0 aliphatic heterocycles. The van der Waals surface area contributed by atoms with Crippen LogP contribution in [-0.4, -0.2) is 17.9 Å². The lowest BCUT2D eigenvalue weighted by Crippen LogP contribution is -2.33. The van der Waals surface area contributed by atoms with Crippen molar-refractivity contribution in [1.82, 2.24) is 0 Å². The van der Waals surface area contributed by atoms with Gasteiger partial charge in [0.25, 0.3) is 15.8 Å². The molecule has 1 aliphatic rings. The fourth-order valence-corrected chi connectivity index (χ4v) is 4.98. The molecule has 0 bridgehead atoms. The topological polar surface area (TPSA) is 97.5 Å². The fraction of sp³-hybridized carbons (Fsp3) is 0.647. The number of nitro groups is 1. The summed E-state index contributed by atoms with van der Waals surface area (Å²) in [6.07, 6.45) is 6.89. The van der Waals surface area contributed by atoms with E-state index in [1.54, 1.807) is 6.07 Å². The molecule has 2 rings (SSSR count). The monoisotopic (exact) mass is 355 g/mol. The first-order valence-electron chi connectivity index (χ1n) is 8.57. The molecule has 0 aromatic heterocycles. The van der Waals surface area contributed by atoms with Gasteiger partial charge >= 0.3 is 0 Å². The molecule has 0 saturated heterocycles. The molecule has 1 unspecified atom stereocenters. The highest BCUT2D eigenvalue weighted by Crippen LogP contribution is 2.48. The van der Waals surface area contributed by atoms with Gasteiger partial charge in [0.1, 0.15) is 4.75 Å². The Morgan fingerprint density at radius 1 is 1.21 bits per heavy atom. The Morgan fingerprint density at radius 2 is 1.88 bits per heavy atom. The molecule has 0 saturated carbocycles. The van der Waals surface area contributed by atoms with Crippen molar-refractivity contribution >= 4 is 15.8 Å². The van der Waals surface area contributed by atoms with Gasteiger partial charge in [-0.25, -0.2) is 0 Å². The van der Waals surface area contributed by atoms with Crippen LogP contribution in [0.4, 0.5) is 5.69 Å². The third-order valence-electron chi connectivity index (χ3n) is 5.05. The number of nitrogens with zero attached hydrogens (tertiary/aromatic N) is 1. The molecule has 1 aromatic carbocycles. The normalized spacial score (nSPS) is 20.1. The maximum absolute atomic E-state index is 12.2. The average molecular weight is 355 g/mol. The van der Waals surface area contributed by atoms with Crippen molar-refractivity contribution in [3.8, 4) is 0 Å². The van der Waals surface area contributed by atoms with Crippen molar-refractivity contribution in [3.63, 3.8) is 0 Å². The lowest BCUT2D eigenvalue weighted by Gasteiger charge is -2.27. The number of hydrogen-bond acceptors (Lipinski definition) is 4. The van der Waals surface area contributed by atoms with Gasteiger partial charge in [0.2, 0.25) is 0 Å². The zero-order valence-corrected chi connectivity index (χ0v) is 14.8. The van der Waals surface area contributed by atoms with Crippen LogP contribution in [-0.2, 0) is 21.3 Å². The van der Waals surface area contributed by atoms with Gasteiger partial charge in [-0.15, -0.1) is 0 Å². The predicted molar refractivity (Wildman–Crippen MR) is 92.6 cm³/mol. The number of rotatable bonds is 9. The van der Waals surface area contributed by atoms with Crippen molar-refractivity contribution in [2.24, 2.45) is 0 Å². The fourth-order valence-electron chi connectivity index (χ4n) is 3.74. The van der Waals surface area contributed by atoms with Crippen LogP contribution in [0.2, 0.25) is 0 Å². The molecule has 0 fully saturated rings. The molecule has 1 aromatic rings. The summed E-state index contributed by atoms with van der Waals surface area (Å²) in [4.78, 5) is 10.7. The Balaban J connectivity index is 2.24. The van der Waals surface area contributed by atoms with Crippen LogP contribution < -0.4 is 0 Å². The number of hydrogen-bond donors (Lipinski definition) is 1. The van der Waals surface area contributed by atoms with E-state index in [4.69, 9.17) is 0 Å². The van der Waals surface area contributed by atoms with E-state index in [2.05, 4.69) is 6.92 Å². The Hall–Kier alpha value is -1.47. The number of fused-ring (bicyclic) bond motifs is 1. The second-order valence-electron chi connectivity index (χ2n) is 6.55. The van der Waals surface area contributed by atoms with Crippen LogP contribution in [0.25, 0.3) is 0 Å². The van der Waals surface area contributed by atoms with Crippen molar-refractivity contribution in [2.45, 2.75) is 69.5 Å². The highest BCUT2D eigenvalue weighted by molar-refractivity contribution is 7.86. The molecular weight excluding hydrogens is 330 g/mol. The Labute approximate surface area is 143 Å². The third-order valence-corrected chi connectivity index (χ3v) is 6.66. The highest BCUT2D eigenvalue weighted by atomic mass is 32.2. The van der Waals surface area contributed by atoms with Crippen LogP contribution in [0.1, 0.15) is 69.4 Å². The van der Waals surface area contributed by atoms with Crippen LogP contribution in [0.5, 0.6) is 0 Å². The first kappa shape index (κ1) is 18.9. The van der Waals surface area contributed by atoms with E-state index in [-0.39, 0.29) is 12.1 Å². The van der Waals surface area contributed by atoms with Crippen LogP contribution in [0.3, 0.4) is 0 Å². The Kier molecular flexibility index (Phi) is 5.98. The van der Waals surface area contributed by atoms with Crippen molar-refractivity contribution in [1.29, 1.82) is 0 Å². The van der Waals surface area contributed by atoms with Gasteiger partial charge in [-0.1, -0.05) is 57.6 Å². The highest BCUT2D eigenvalue weighted by Gasteiger charge is 2.50. The second kappa shape index (κ2) is 7.61. The maximum Gasteiger partial charge on any atom is 0.274 e. The molecule has 0 spiro atoms. The smallest absolute Gasteiger partial charge is 0.274 e. The maximum atomic E-state index is 12.2. The van der Waals surface area contributed by atoms with E-state index < -0.39 is 19.8 Å². The van der Waals surface area contributed by atoms with Crippen LogP contribution >= 0.6 is 0 Å². The van der Waals surface area contributed by atoms with E-state index in [9.17, 15) is 23.1 Å².